The Hall–Kier alpha value is -1.37. The zero-order chi connectivity index (χ0) is 10.8. The molecule has 4 atom stereocenters. The molecular formula is C15H15N. The van der Waals surface area contributed by atoms with Crippen molar-refractivity contribution in [3.63, 3.8) is 0 Å². The first-order valence-electron chi connectivity index (χ1n) is 6.09. The quantitative estimate of drug-likeness (QED) is 0.675. The third-order valence-corrected chi connectivity index (χ3v) is 4.75. The Labute approximate surface area is 95.8 Å². The summed E-state index contributed by atoms with van der Waals surface area (Å²) in [6.07, 6.45) is 19.9. The van der Waals surface area contributed by atoms with Crippen molar-refractivity contribution in [3.05, 3.63) is 48.6 Å². The molecule has 4 rings (SSSR count). The van der Waals surface area contributed by atoms with Crippen molar-refractivity contribution in [1.82, 2.24) is 0 Å². The van der Waals surface area contributed by atoms with E-state index in [1.807, 2.05) is 0 Å². The minimum Gasteiger partial charge on any atom is -0.308 e. The fourth-order valence-electron chi connectivity index (χ4n) is 3.50. The molecule has 16 heavy (non-hydrogen) atoms. The minimum atomic E-state index is 0.0962. The van der Waals surface area contributed by atoms with Crippen molar-refractivity contribution in [3.8, 4) is 0 Å². The van der Waals surface area contributed by atoms with Gasteiger partial charge in [-0.15, -0.1) is 0 Å². The van der Waals surface area contributed by atoms with E-state index in [0.29, 0.717) is 11.8 Å². The van der Waals surface area contributed by atoms with Crippen LogP contribution in [-0.4, -0.2) is 5.71 Å². The molecule has 4 aliphatic rings. The van der Waals surface area contributed by atoms with E-state index >= 15 is 0 Å². The largest absolute Gasteiger partial charge is 0.308 e. The van der Waals surface area contributed by atoms with Gasteiger partial charge in [0.25, 0.3) is 0 Å². The van der Waals surface area contributed by atoms with E-state index in [0.717, 1.165) is 18.6 Å². The molecule has 2 fully saturated rings. The van der Waals surface area contributed by atoms with Crippen LogP contribution < -0.4 is 0 Å². The van der Waals surface area contributed by atoms with Crippen LogP contribution in [-0.2, 0) is 0 Å². The number of fused-ring (bicyclic) bond motifs is 2. The lowest BCUT2D eigenvalue weighted by atomic mass is 9.80. The molecule has 4 aliphatic carbocycles. The fraction of sp³-hybridized carbons (Fsp3) is 0.400. The number of hydrogen-bond donors (Lipinski definition) is 1. The standard InChI is InChI=1S/C15H15N/c16-13(14-7-3-1-5-11(14)9-14)15-8-4-2-6-12(15)10-15/h1-8,11-12,16H,9-10H2. The van der Waals surface area contributed by atoms with E-state index in [2.05, 4.69) is 48.6 Å². The van der Waals surface area contributed by atoms with Crippen LogP contribution >= 0.6 is 0 Å². The summed E-state index contributed by atoms with van der Waals surface area (Å²) < 4.78 is 0. The van der Waals surface area contributed by atoms with Crippen LogP contribution in [0.15, 0.2) is 48.6 Å². The van der Waals surface area contributed by atoms with Crippen molar-refractivity contribution in [2.24, 2.45) is 22.7 Å². The van der Waals surface area contributed by atoms with Gasteiger partial charge >= 0.3 is 0 Å². The summed E-state index contributed by atoms with van der Waals surface area (Å²) in [7, 11) is 0. The molecule has 4 unspecified atom stereocenters. The fourth-order valence-corrected chi connectivity index (χ4v) is 3.50. The van der Waals surface area contributed by atoms with Gasteiger partial charge in [-0.25, -0.2) is 0 Å². The van der Waals surface area contributed by atoms with Crippen LogP contribution in [0, 0.1) is 28.1 Å². The molecule has 1 N–H and O–H groups in total. The molecule has 0 aromatic heterocycles. The molecule has 0 aromatic carbocycles. The predicted octanol–water partition coefficient (Wildman–Crippen LogP) is 3.27. The lowest BCUT2D eigenvalue weighted by molar-refractivity contribution is 0.707. The van der Waals surface area contributed by atoms with Gasteiger partial charge in [-0.2, -0.15) is 0 Å². The molecule has 0 aromatic rings. The average molecular weight is 209 g/mol. The van der Waals surface area contributed by atoms with E-state index in [-0.39, 0.29) is 10.8 Å². The second-order valence-electron chi connectivity index (χ2n) is 5.57. The third-order valence-electron chi connectivity index (χ3n) is 4.75. The second-order valence-corrected chi connectivity index (χ2v) is 5.57. The Morgan fingerprint density at radius 2 is 1.38 bits per heavy atom. The zero-order valence-corrected chi connectivity index (χ0v) is 9.19. The monoisotopic (exact) mass is 209 g/mol. The lowest BCUT2D eigenvalue weighted by Crippen LogP contribution is -2.27. The lowest BCUT2D eigenvalue weighted by Gasteiger charge is -2.23. The molecule has 0 spiro atoms. The first-order valence-corrected chi connectivity index (χ1v) is 6.09. The highest BCUT2D eigenvalue weighted by Gasteiger charge is 2.65. The summed E-state index contributed by atoms with van der Waals surface area (Å²) in [5.41, 5.74) is 1.16. The molecule has 1 heteroatoms. The number of hydrogen-bond acceptors (Lipinski definition) is 1. The van der Waals surface area contributed by atoms with Gasteiger partial charge in [0.05, 0.1) is 0 Å². The topological polar surface area (TPSA) is 23.9 Å². The van der Waals surface area contributed by atoms with Crippen molar-refractivity contribution < 1.29 is 0 Å². The molecule has 0 amide bonds. The molecule has 0 radical (unpaired) electrons. The molecule has 0 aliphatic heterocycles. The number of rotatable bonds is 2. The van der Waals surface area contributed by atoms with E-state index in [1.165, 1.54) is 0 Å². The number of allylic oxidation sites excluding steroid dienone is 8. The minimum absolute atomic E-state index is 0.0962. The molecule has 0 saturated heterocycles. The van der Waals surface area contributed by atoms with E-state index in [4.69, 9.17) is 5.41 Å². The summed E-state index contributed by atoms with van der Waals surface area (Å²) in [5.74, 6) is 1.22. The first kappa shape index (κ1) is 8.74. The first-order chi connectivity index (χ1) is 7.78. The van der Waals surface area contributed by atoms with E-state index in [9.17, 15) is 0 Å². The van der Waals surface area contributed by atoms with Gasteiger partial charge in [-0.1, -0.05) is 48.6 Å². The average Bonchev–Trinajstić information content (AvgIpc) is 3.20. The molecule has 1 nitrogen and oxygen atoms in total. The number of nitrogens with one attached hydrogen (secondary N) is 1. The Balaban J connectivity index is 1.69. The van der Waals surface area contributed by atoms with Crippen LogP contribution in [0.5, 0.6) is 0 Å². The van der Waals surface area contributed by atoms with Crippen LogP contribution in [0.25, 0.3) is 0 Å². The normalized spacial score (nSPS) is 49.8. The molecule has 0 bridgehead atoms. The van der Waals surface area contributed by atoms with Gasteiger partial charge in [0.2, 0.25) is 0 Å². The van der Waals surface area contributed by atoms with Crippen LogP contribution in [0.4, 0.5) is 0 Å². The van der Waals surface area contributed by atoms with Crippen LogP contribution in [0.2, 0.25) is 0 Å². The van der Waals surface area contributed by atoms with Gasteiger partial charge in [0.15, 0.2) is 0 Å². The van der Waals surface area contributed by atoms with Gasteiger partial charge in [-0.05, 0) is 24.7 Å². The Morgan fingerprint density at radius 1 is 0.875 bits per heavy atom. The van der Waals surface area contributed by atoms with E-state index < -0.39 is 0 Å². The summed E-state index contributed by atoms with van der Waals surface area (Å²) >= 11 is 0. The SMILES string of the molecule is N=C(C12C=CC=CC1C2)C12C=CC=CC1C2. The highest BCUT2D eigenvalue weighted by Crippen LogP contribution is 2.67. The molecule has 80 valence electrons. The van der Waals surface area contributed by atoms with Gasteiger partial charge in [-0.3, -0.25) is 0 Å². The highest BCUT2D eigenvalue weighted by atomic mass is 14.7. The summed E-state index contributed by atoms with van der Waals surface area (Å²) in [5, 5.41) is 8.58. The Morgan fingerprint density at radius 3 is 1.81 bits per heavy atom. The maximum absolute atomic E-state index is 8.58. The second kappa shape index (κ2) is 2.48. The molecule has 0 heterocycles. The van der Waals surface area contributed by atoms with Crippen molar-refractivity contribution in [2.45, 2.75) is 12.8 Å². The van der Waals surface area contributed by atoms with Crippen molar-refractivity contribution >= 4 is 5.71 Å². The summed E-state index contributed by atoms with van der Waals surface area (Å²) in [6.45, 7) is 0. The summed E-state index contributed by atoms with van der Waals surface area (Å²) in [4.78, 5) is 0. The third kappa shape index (κ3) is 0.858. The van der Waals surface area contributed by atoms with Crippen molar-refractivity contribution in [1.29, 1.82) is 5.41 Å². The Kier molecular flexibility index (Phi) is 1.35. The predicted molar refractivity (Wildman–Crippen MR) is 65.4 cm³/mol. The van der Waals surface area contributed by atoms with Crippen molar-refractivity contribution in [2.75, 3.05) is 0 Å². The van der Waals surface area contributed by atoms with Gasteiger partial charge in [0, 0.05) is 16.5 Å². The summed E-state index contributed by atoms with van der Waals surface area (Å²) in [6, 6.07) is 0. The maximum Gasteiger partial charge on any atom is 0.0340 e. The zero-order valence-electron chi connectivity index (χ0n) is 9.19. The van der Waals surface area contributed by atoms with Crippen LogP contribution in [0.3, 0.4) is 0 Å². The van der Waals surface area contributed by atoms with Gasteiger partial charge in [0.1, 0.15) is 0 Å². The molecular weight excluding hydrogens is 194 g/mol. The van der Waals surface area contributed by atoms with E-state index in [1.54, 1.807) is 0 Å². The maximum atomic E-state index is 8.58. The highest BCUT2D eigenvalue weighted by molar-refractivity contribution is 6.02. The van der Waals surface area contributed by atoms with Gasteiger partial charge < -0.3 is 5.41 Å². The smallest absolute Gasteiger partial charge is 0.0340 e. The van der Waals surface area contributed by atoms with Crippen LogP contribution in [0.1, 0.15) is 12.8 Å². The molecule has 2 saturated carbocycles. The Bertz CT molecular complexity index is 450.